The molecule has 30 heteroatoms. The number of hydrogen-bond donors (Lipinski definition) is 6. The van der Waals surface area contributed by atoms with E-state index in [1.165, 1.54) is 50.5 Å². The number of carboxylic acid groups (broad SMARTS) is 2. The second-order valence-electron chi connectivity index (χ2n) is 22.6. The van der Waals surface area contributed by atoms with Gasteiger partial charge in [-0.3, -0.25) is 18.8 Å². The average Bonchev–Trinajstić information content (AvgIpc) is 1.46. The zero-order chi connectivity index (χ0) is 68.4. The Morgan fingerprint density at radius 1 is 0.451 bits per heavy atom. The van der Waals surface area contributed by atoms with Crippen LogP contribution in [0.3, 0.4) is 0 Å². The first-order valence-corrected chi connectivity index (χ1v) is 31.0. The molecule has 0 saturated heterocycles. The summed E-state index contributed by atoms with van der Waals surface area (Å²) in [5, 5.41) is 45.2. The molecule has 1 saturated carbocycles. The molecule has 0 radical (unpaired) electrons. The molecule has 0 atom stereocenters. The number of anilines is 10. The molecule has 14 rings (SSSR count). The molecule has 0 spiro atoms. The molecular formula is C72H85Cl4N17O9. The number of nitrogens with one attached hydrogen (secondary N) is 4. The van der Waals surface area contributed by atoms with Crippen LogP contribution in [-0.4, -0.2) is 125 Å². The second kappa shape index (κ2) is 34.5. The third-order valence-electron chi connectivity index (χ3n) is 15.7. The number of carbonyl (C=O) groups excluding carboxylic acids is 3. The number of fused-ring (bicyclic) bond motifs is 9. The second-order valence-corrected chi connectivity index (χ2v) is 24.2. The number of nitrogens with zero attached hydrogens (tertiary/aromatic N) is 13. The molecule has 540 valence electrons. The summed E-state index contributed by atoms with van der Waals surface area (Å²) in [6.45, 7) is 2.19. The predicted octanol–water partition coefficient (Wildman–Crippen LogP) is 16.4. The Kier molecular flexibility index (Phi) is 27.7. The van der Waals surface area contributed by atoms with E-state index in [4.69, 9.17) is 61.0 Å². The van der Waals surface area contributed by atoms with Crippen molar-refractivity contribution in [2.75, 3.05) is 71.3 Å². The molecule has 1 amide bonds. The molecule has 3 aliphatic heterocycles. The number of pyridine rings is 4. The minimum Gasteiger partial charge on any atom is -0.478 e. The molecule has 10 heterocycles. The predicted molar refractivity (Wildman–Crippen MR) is 407 cm³/mol. The summed E-state index contributed by atoms with van der Waals surface area (Å²) in [7, 11) is 14.4. The number of para-hydroxylation sites is 3. The first-order valence-electron chi connectivity index (χ1n) is 29.5. The fourth-order valence-corrected chi connectivity index (χ4v) is 12.1. The van der Waals surface area contributed by atoms with Crippen LogP contribution in [0.5, 0.6) is 0 Å². The number of hydrogen-bond acceptors (Lipinski definition) is 20. The van der Waals surface area contributed by atoms with Crippen LogP contribution >= 0.6 is 46.4 Å². The summed E-state index contributed by atoms with van der Waals surface area (Å²) in [5.74, 6) is -2.77. The molecule has 0 bridgehead atoms. The van der Waals surface area contributed by atoms with Gasteiger partial charge in [-0.25, -0.2) is 39.1 Å². The van der Waals surface area contributed by atoms with E-state index in [1.807, 2.05) is 125 Å². The number of aryl methyl sites for hydroxylation is 3. The van der Waals surface area contributed by atoms with Crippen molar-refractivity contribution in [2.45, 2.75) is 77.0 Å². The first kappa shape index (κ1) is 81.9. The highest BCUT2D eigenvalue weighted by molar-refractivity contribution is 6.36. The van der Waals surface area contributed by atoms with Gasteiger partial charge in [0.05, 0.1) is 93.1 Å². The summed E-state index contributed by atoms with van der Waals surface area (Å²) < 4.78 is 15.2. The van der Waals surface area contributed by atoms with Crippen molar-refractivity contribution in [3.8, 4) is 33.8 Å². The molecule has 1 fully saturated rings. The number of carboxylic acids is 2. The van der Waals surface area contributed by atoms with Gasteiger partial charge in [0, 0.05) is 151 Å². The lowest BCUT2D eigenvalue weighted by Crippen LogP contribution is -2.22. The quantitative estimate of drug-likeness (QED) is 0.0489. The molecule has 6 N–H and O–H groups in total. The maximum Gasteiger partial charge on any atom is 0.341 e. The van der Waals surface area contributed by atoms with Crippen LogP contribution in [0.25, 0.3) is 33.8 Å². The van der Waals surface area contributed by atoms with Crippen LogP contribution in [0.2, 0.25) is 20.5 Å². The number of esters is 2. The minimum atomic E-state index is -1.11. The van der Waals surface area contributed by atoms with E-state index in [0.29, 0.717) is 28.4 Å². The van der Waals surface area contributed by atoms with Gasteiger partial charge in [0.15, 0.2) is 0 Å². The van der Waals surface area contributed by atoms with Gasteiger partial charge in [-0.15, -0.1) is 0 Å². The van der Waals surface area contributed by atoms with Crippen LogP contribution in [0.4, 0.5) is 57.0 Å². The van der Waals surface area contributed by atoms with E-state index in [1.54, 1.807) is 16.8 Å². The SMILES string of the molecule is C.C.C.C.C.C.CN1Cc2cn(C)nc2-c2cccc(Nc3cc(Cl)ncc3C(=O)O)c21.COC(=O)c1cnc(Cl)cc1Nc1cccc2c1N(C)Cc1cn(C)nc1-2.COC(=O)c1cnc(NC(=O)C2CC2)cc1Nc1cccc2c1N(C)Cc1cn(C)nc1-2.O=C(O)c1cnc(Cl)cc1Cl. The van der Waals surface area contributed by atoms with Crippen molar-refractivity contribution in [1.82, 2.24) is 49.3 Å². The lowest BCUT2D eigenvalue weighted by molar-refractivity contribution is -0.117. The Balaban J connectivity index is 0.000000250. The van der Waals surface area contributed by atoms with Crippen molar-refractivity contribution in [1.29, 1.82) is 0 Å². The van der Waals surface area contributed by atoms with Gasteiger partial charge < -0.3 is 55.7 Å². The molecule has 10 aromatic rings. The molecule has 3 aromatic carbocycles. The van der Waals surface area contributed by atoms with Crippen LogP contribution in [0.1, 0.15) is 116 Å². The average molecular weight is 1470 g/mol. The van der Waals surface area contributed by atoms with Gasteiger partial charge in [-0.2, -0.15) is 15.3 Å². The number of ether oxygens (including phenoxy) is 2. The van der Waals surface area contributed by atoms with Crippen molar-refractivity contribution >= 4 is 133 Å². The molecule has 0 unspecified atom stereocenters. The van der Waals surface area contributed by atoms with Gasteiger partial charge in [0.1, 0.15) is 38.0 Å². The van der Waals surface area contributed by atoms with Gasteiger partial charge in [0.2, 0.25) is 5.91 Å². The molecule has 1 aliphatic carbocycles. The Hall–Kier alpha value is -10.8. The number of halogens is 4. The number of aromatic carboxylic acids is 2. The normalized spacial score (nSPS) is 12.0. The van der Waals surface area contributed by atoms with E-state index in [9.17, 15) is 29.1 Å². The Morgan fingerprint density at radius 2 is 0.784 bits per heavy atom. The highest BCUT2D eigenvalue weighted by Gasteiger charge is 2.32. The van der Waals surface area contributed by atoms with E-state index < -0.39 is 23.9 Å². The molecule has 102 heavy (non-hydrogen) atoms. The van der Waals surface area contributed by atoms with Crippen LogP contribution in [0, 0.1) is 5.92 Å². The monoisotopic (exact) mass is 1470 g/mol. The van der Waals surface area contributed by atoms with E-state index in [-0.39, 0.29) is 93.6 Å². The van der Waals surface area contributed by atoms with Crippen LogP contribution < -0.4 is 36.0 Å². The number of carbonyl (C=O) groups is 5. The van der Waals surface area contributed by atoms with E-state index in [2.05, 4.69) is 71.2 Å². The van der Waals surface area contributed by atoms with Crippen molar-refractivity contribution in [3.05, 3.63) is 182 Å². The van der Waals surface area contributed by atoms with Crippen molar-refractivity contribution < 1.29 is 43.7 Å². The van der Waals surface area contributed by atoms with E-state index >= 15 is 0 Å². The third-order valence-corrected chi connectivity index (χ3v) is 16.6. The lowest BCUT2D eigenvalue weighted by atomic mass is 9.99. The van der Waals surface area contributed by atoms with Crippen molar-refractivity contribution in [2.24, 2.45) is 27.1 Å². The summed E-state index contributed by atoms with van der Waals surface area (Å²) in [4.78, 5) is 80.6. The summed E-state index contributed by atoms with van der Waals surface area (Å²) >= 11 is 23.0. The van der Waals surface area contributed by atoms with Gasteiger partial charge in [-0.1, -0.05) is 127 Å². The largest absolute Gasteiger partial charge is 0.478 e. The lowest BCUT2D eigenvalue weighted by Gasteiger charge is -2.29. The first-order chi connectivity index (χ1) is 46.0. The zero-order valence-electron chi connectivity index (χ0n) is 52.7. The fraction of sp³-hybridized carbons (Fsp3) is 0.278. The van der Waals surface area contributed by atoms with Gasteiger partial charge >= 0.3 is 23.9 Å². The maximum absolute atomic E-state index is 12.4. The van der Waals surface area contributed by atoms with Crippen molar-refractivity contribution in [3.63, 3.8) is 0 Å². The van der Waals surface area contributed by atoms with Gasteiger partial charge in [0.25, 0.3) is 0 Å². The summed E-state index contributed by atoms with van der Waals surface area (Å²) in [6, 6.07) is 23.8. The number of aromatic nitrogens is 10. The smallest absolute Gasteiger partial charge is 0.341 e. The molecule has 7 aromatic heterocycles. The summed E-state index contributed by atoms with van der Waals surface area (Å²) in [6.07, 6.45) is 13.1. The fourth-order valence-electron chi connectivity index (χ4n) is 11.4. The minimum absolute atomic E-state index is 0. The zero-order valence-corrected chi connectivity index (χ0v) is 55.8. The number of rotatable bonds is 12. The third kappa shape index (κ3) is 17.7. The van der Waals surface area contributed by atoms with E-state index in [0.717, 1.165) is 118 Å². The summed E-state index contributed by atoms with van der Waals surface area (Å²) in [5.41, 5.74) is 16.8. The highest BCUT2D eigenvalue weighted by atomic mass is 35.5. The number of methoxy groups -OCH3 is 2. The maximum atomic E-state index is 12.4. The molecule has 4 aliphatic rings. The molecule has 26 nitrogen and oxygen atoms in total. The number of benzene rings is 3. The van der Waals surface area contributed by atoms with Crippen LogP contribution in [0.15, 0.2) is 122 Å². The van der Waals surface area contributed by atoms with Crippen LogP contribution in [-0.2, 0) is 55.0 Å². The topological polar surface area (TPSA) is 307 Å². The van der Waals surface area contributed by atoms with Gasteiger partial charge in [-0.05, 0) is 49.2 Å². The highest BCUT2D eigenvalue weighted by Crippen LogP contribution is 2.47. The molecular weight excluding hydrogens is 1390 g/mol. The number of amides is 1. The Morgan fingerprint density at radius 3 is 1.14 bits per heavy atom. The standard InChI is InChI=1S/C23H24N6O3.C19H18ClN5O2.C18H16ClN5O2.C6H3Cl2NO2.6CH4/c1-28-11-14-12-29(2)27-20(14)15-5-4-6-17(21(15)28)25-18-9-19(26-22(30)13-7-8-13)24-10-16(18)23(31)32-3;1-24-9-11-10-25(2)23-17(11)12-5-4-6-14(18(12)24)22-15-7-16(20)21-8-13(15)19(26)27-3;1-23-8-10-9-24(2)22-16(10)11-4-3-5-13(17(11)23)21-14-6-15(19)20-7-12(14)18(25)26;7-4-1-5(8)9-2-3(4)6(10)11;;;;;;/h4-6,9-10,12-13H,7-8,11H2,1-3H3,(H2,24,25,26,30);4-8,10H,9H2,1-3H3,(H,21,22);3-7,9H,8H2,1-2H3,(H,20,21)(H,25,26);1-2H,(H,10,11);6*1H4. The Bertz CT molecular complexity index is 4730. The Labute approximate surface area is 613 Å².